The summed E-state index contributed by atoms with van der Waals surface area (Å²) in [6, 6.07) is 6.37. The Hall–Kier alpha value is -5.40. The molecule has 0 atom stereocenters. The van der Waals surface area contributed by atoms with Gasteiger partial charge >= 0.3 is 0 Å². The zero-order valence-corrected chi connectivity index (χ0v) is 21.1. The summed E-state index contributed by atoms with van der Waals surface area (Å²) in [6.45, 7) is 0. The minimum Gasteiger partial charge on any atom is -0.455 e. The Kier molecular flexibility index (Phi) is 2.59. The van der Waals surface area contributed by atoms with Gasteiger partial charge in [0.05, 0.1) is 20.6 Å². The summed E-state index contributed by atoms with van der Waals surface area (Å²) < 4.78 is 140. The van der Waals surface area contributed by atoms with E-state index in [0.717, 1.165) is 10.8 Å². The molecule has 1 nitrogen and oxygen atoms in total. The van der Waals surface area contributed by atoms with Gasteiger partial charge in [-0.25, -0.2) is 0 Å². The zero-order valence-electron chi connectivity index (χ0n) is 36.1. The summed E-state index contributed by atoms with van der Waals surface area (Å²) in [7, 11) is 0. The second-order valence-corrected chi connectivity index (χ2v) is 9.69. The van der Waals surface area contributed by atoms with Crippen molar-refractivity contribution in [3.05, 3.63) is 145 Å². The van der Waals surface area contributed by atoms with E-state index < -0.39 is 107 Å². The number of hydrogen-bond acceptors (Lipinski definition) is 1. The van der Waals surface area contributed by atoms with Crippen LogP contribution in [0.15, 0.2) is 150 Å². The Labute approximate surface area is 258 Å². The number of benzene rings is 8. The van der Waals surface area contributed by atoms with Gasteiger partial charge in [0.25, 0.3) is 0 Å². The molecule has 8 aromatic carbocycles. The van der Waals surface area contributed by atoms with Gasteiger partial charge in [0.15, 0.2) is 0 Å². The first-order valence-corrected chi connectivity index (χ1v) is 12.9. The number of furan rings is 1. The standard InChI is InChI=1S/C40H24O/c1-2-12-27-24-28(21-20-25(27)10-1)37-30-14-5-7-16-32(30)38(33-17-8-6-15-31(33)37)34-18-9-19-36-39(34)35-23-22-26-11-3-4-13-29(26)40(35)41-36/h1-24H/i1D,2D,5D,6D,7D,8D,10D,12D,14D,15D,16D,17D,20D,21D,24D. The molecule has 0 fully saturated rings. The lowest BCUT2D eigenvalue weighted by Gasteiger charge is -2.18. The topological polar surface area (TPSA) is 13.1 Å². The van der Waals surface area contributed by atoms with Crippen LogP contribution in [0.5, 0.6) is 0 Å². The molecule has 0 aliphatic heterocycles. The van der Waals surface area contributed by atoms with E-state index in [9.17, 15) is 8.22 Å². The summed E-state index contributed by atoms with van der Waals surface area (Å²) in [5.41, 5.74) is 0.393. The lowest BCUT2D eigenvalue weighted by atomic mass is 9.84. The van der Waals surface area contributed by atoms with Crippen LogP contribution in [0, 0.1) is 0 Å². The van der Waals surface area contributed by atoms with Crippen LogP contribution in [0.4, 0.5) is 0 Å². The number of rotatable bonds is 2. The van der Waals surface area contributed by atoms with Crippen LogP contribution in [-0.4, -0.2) is 0 Å². The molecule has 0 amide bonds. The first kappa shape index (κ1) is 12.4. The highest BCUT2D eigenvalue weighted by atomic mass is 16.3. The molecule has 0 spiro atoms. The van der Waals surface area contributed by atoms with Gasteiger partial charge in [-0.2, -0.15) is 0 Å². The molecule has 41 heavy (non-hydrogen) atoms. The van der Waals surface area contributed by atoms with Crippen molar-refractivity contribution in [2.24, 2.45) is 0 Å². The lowest BCUT2D eigenvalue weighted by molar-refractivity contribution is 0.673. The summed E-state index contributed by atoms with van der Waals surface area (Å²) in [4.78, 5) is 0. The van der Waals surface area contributed by atoms with Crippen LogP contribution in [-0.2, 0) is 0 Å². The molecule has 190 valence electrons. The van der Waals surface area contributed by atoms with Gasteiger partial charge in [0.1, 0.15) is 11.2 Å². The van der Waals surface area contributed by atoms with E-state index in [1.54, 1.807) is 18.2 Å². The van der Waals surface area contributed by atoms with Crippen LogP contribution in [0.1, 0.15) is 20.6 Å². The van der Waals surface area contributed by atoms with Gasteiger partial charge in [-0.3, -0.25) is 0 Å². The van der Waals surface area contributed by atoms with Crippen LogP contribution in [0.2, 0.25) is 0 Å². The number of hydrogen-bond donors (Lipinski definition) is 0. The Balaban J connectivity index is 1.61. The molecule has 1 heterocycles. The van der Waals surface area contributed by atoms with Crippen LogP contribution < -0.4 is 0 Å². The molecule has 0 radical (unpaired) electrons. The highest BCUT2D eigenvalue weighted by Crippen LogP contribution is 2.47. The van der Waals surface area contributed by atoms with Crippen molar-refractivity contribution in [2.75, 3.05) is 0 Å². The van der Waals surface area contributed by atoms with Gasteiger partial charge < -0.3 is 4.42 Å². The van der Waals surface area contributed by atoms with Crippen LogP contribution in [0.25, 0.3) is 87.3 Å². The molecule has 0 unspecified atom stereocenters. The van der Waals surface area contributed by atoms with Gasteiger partial charge in [0, 0.05) is 16.2 Å². The largest absolute Gasteiger partial charge is 0.455 e. The summed E-state index contributed by atoms with van der Waals surface area (Å²) in [6.07, 6.45) is 0. The van der Waals surface area contributed by atoms with E-state index in [1.165, 1.54) is 0 Å². The number of fused-ring (bicyclic) bond motifs is 8. The molecule has 0 bridgehead atoms. The van der Waals surface area contributed by atoms with Gasteiger partial charge in [-0.15, -0.1) is 0 Å². The van der Waals surface area contributed by atoms with Crippen molar-refractivity contribution in [3.8, 4) is 22.3 Å². The van der Waals surface area contributed by atoms with Gasteiger partial charge in [-0.1, -0.05) is 127 Å². The van der Waals surface area contributed by atoms with Gasteiger partial charge in [-0.05, 0) is 78.1 Å². The second kappa shape index (κ2) is 8.55. The fourth-order valence-corrected chi connectivity index (χ4v) is 5.81. The van der Waals surface area contributed by atoms with E-state index in [2.05, 4.69) is 0 Å². The maximum Gasteiger partial charge on any atom is 0.143 e. The van der Waals surface area contributed by atoms with E-state index >= 15 is 0 Å². The molecule has 9 aromatic rings. The fraction of sp³-hybridized carbons (Fsp3) is 0. The van der Waals surface area contributed by atoms with E-state index in [4.69, 9.17) is 16.8 Å². The summed E-state index contributed by atoms with van der Waals surface area (Å²) in [5.74, 6) is 0. The minimum atomic E-state index is -0.738. The second-order valence-electron chi connectivity index (χ2n) is 9.69. The van der Waals surface area contributed by atoms with E-state index in [0.29, 0.717) is 27.5 Å². The molecule has 1 aromatic heterocycles. The third-order valence-electron chi connectivity index (χ3n) is 7.53. The SMILES string of the molecule is [2H]c1c([2H])c([2H])c2c([2H])c(-c3c4c([2H])c([2H])c([2H])c([2H])c4c(-c4cccc5oc6c7ccccc7ccc6c45)c4c([2H])c([2H])c([2H])c([2H])c34)c([2H])c([2H])c2c1[2H]. The molecule has 0 saturated carbocycles. The van der Waals surface area contributed by atoms with Crippen molar-refractivity contribution in [1.82, 2.24) is 0 Å². The van der Waals surface area contributed by atoms with Crippen LogP contribution >= 0.6 is 0 Å². The maximum atomic E-state index is 9.42. The molecule has 0 N–H and O–H groups in total. The Morgan fingerprint density at radius 3 is 1.93 bits per heavy atom. The van der Waals surface area contributed by atoms with Crippen LogP contribution in [0.3, 0.4) is 0 Å². The Morgan fingerprint density at radius 1 is 0.463 bits per heavy atom. The molecule has 0 aliphatic carbocycles. The first-order valence-electron chi connectivity index (χ1n) is 20.4. The maximum absolute atomic E-state index is 9.42. The molecule has 9 rings (SSSR count). The highest BCUT2D eigenvalue weighted by Gasteiger charge is 2.20. The molecular formula is C40H24O. The van der Waals surface area contributed by atoms with Gasteiger partial charge in [0.2, 0.25) is 0 Å². The van der Waals surface area contributed by atoms with Crippen molar-refractivity contribution in [1.29, 1.82) is 0 Å². The van der Waals surface area contributed by atoms with E-state index in [-0.39, 0.29) is 32.7 Å². The minimum absolute atomic E-state index is 0.0195. The smallest absolute Gasteiger partial charge is 0.143 e. The Morgan fingerprint density at radius 2 is 1.15 bits per heavy atom. The van der Waals surface area contributed by atoms with Crippen molar-refractivity contribution < 1.29 is 25.0 Å². The predicted octanol–water partition coefficient (Wildman–Crippen LogP) is 11.5. The zero-order chi connectivity index (χ0) is 40.0. The highest BCUT2D eigenvalue weighted by molar-refractivity contribution is 6.27. The summed E-state index contributed by atoms with van der Waals surface area (Å²) >= 11 is 0. The molecule has 0 aliphatic rings. The normalized spacial score (nSPS) is 17.0. The predicted molar refractivity (Wildman–Crippen MR) is 175 cm³/mol. The quantitative estimate of drug-likeness (QED) is 0.201. The molecule has 0 saturated heterocycles. The third-order valence-corrected chi connectivity index (χ3v) is 7.53. The Bertz CT molecular complexity index is 3230. The van der Waals surface area contributed by atoms with Crippen molar-refractivity contribution >= 4 is 65.0 Å². The fourth-order valence-electron chi connectivity index (χ4n) is 5.81. The molecule has 1 heteroatoms. The summed E-state index contributed by atoms with van der Waals surface area (Å²) in [5, 5.41) is 1.00. The third kappa shape index (κ3) is 3.24. The first-order chi connectivity index (χ1) is 26.6. The average molecular weight is 536 g/mol. The monoisotopic (exact) mass is 535 g/mol. The lowest BCUT2D eigenvalue weighted by Crippen LogP contribution is -1.91. The van der Waals surface area contributed by atoms with E-state index in [1.807, 2.05) is 36.4 Å². The average Bonchev–Trinajstić information content (AvgIpc) is 3.59. The molecular weight excluding hydrogens is 496 g/mol. The van der Waals surface area contributed by atoms with Crippen molar-refractivity contribution in [3.63, 3.8) is 0 Å². The van der Waals surface area contributed by atoms with Crippen molar-refractivity contribution in [2.45, 2.75) is 0 Å².